The summed E-state index contributed by atoms with van der Waals surface area (Å²) in [7, 11) is -3.45. The molecular weight excluding hydrogens is 284 g/mol. The summed E-state index contributed by atoms with van der Waals surface area (Å²) in [5.41, 5.74) is 1.85. The average Bonchev–Trinajstić information content (AvgIpc) is 2.43. The van der Waals surface area contributed by atoms with E-state index in [1.807, 2.05) is 32.9 Å². The molecule has 4 nitrogen and oxygen atoms in total. The number of hydrogen-bond donors (Lipinski definition) is 2. The molecule has 120 valence electrons. The van der Waals surface area contributed by atoms with E-state index in [2.05, 4.69) is 23.9 Å². The number of rotatable bonds is 8. The normalized spacial score (nSPS) is 12.3. The van der Waals surface area contributed by atoms with Crippen molar-refractivity contribution in [2.24, 2.45) is 0 Å². The molecule has 0 aliphatic heterocycles. The monoisotopic (exact) mass is 312 g/mol. The van der Waals surface area contributed by atoms with Gasteiger partial charge in [-0.05, 0) is 37.0 Å². The molecule has 0 unspecified atom stereocenters. The first-order valence-corrected chi connectivity index (χ1v) is 9.14. The first-order chi connectivity index (χ1) is 9.81. The maximum absolute atomic E-state index is 12.5. The van der Waals surface area contributed by atoms with Crippen molar-refractivity contribution in [3.8, 4) is 0 Å². The third-order valence-electron chi connectivity index (χ3n) is 3.69. The molecule has 1 rings (SSSR count). The highest BCUT2D eigenvalue weighted by Gasteiger charge is 2.21. The van der Waals surface area contributed by atoms with E-state index in [1.54, 1.807) is 6.07 Å². The summed E-state index contributed by atoms with van der Waals surface area (Å²) in [6, 6.07) is 5.82. The Kier molecular flexibility index (Phi) is 6.84. The molecule has 0 saturated carbocycles. The standard InChI is InChI=1S/C16H28N2O2S/c1-6-15(7-2)18-21(19,20)16-10-8-9-14(13(16)5)11-17-12(3)4/h8-10,12,15,17-18H,6-7,11H2,1-5H3. The molecule has 0 amide bonds. The van der Waals surface area contributed by atoms with Gasteiger partial charge >= 0.3 is 0 Å². The second-order valence-corrected chi connectivity index (χ2v) is 7.39. The fourth-order valence-electron chi connectivity index (χ4n) is 2.19. The molecule has 0 spiro atoms. The second kappa shape index (κ2) is 7.92. The van der Waals surface area contributed by atoms with Crippen LogP contribution >= 0.6 is 0 Å². The van der Waals surface area contributed by atoms with Gasteiger partial charge in [-0.15, -0.1) is 0 Å². The summed E-state index contributed by atoms with van der Waals surface area (Å²) < 4.78 is 27.9. The number of nitrogens with one attached hydrogen (secondary N) is 2. The first-order valence-electron chi connectivity index (χ1n) is 7.66. The smallest absolute Gasteiger partial charge is 0.241 e. The van der Waals surface area contributed by atoms with Crippen LogP contribution < -0.4 is 10.0 Å². The van der Waals surface area contributed by atoms with Crippen LogP contribution in [0, 0.1) is 6.92 Å². The Morgan fingerprint density at radius 2 is 1.76 bits per heavy atom. The Morgan fingerprint density at radius 3 is 2.29 bits per heavy atom. The van der Waals surface area contributed by atoms with Gasteiger partial charge in [0.1, 0.15) is 0 Å². The highest BCUT2D eigenvalue weighted by Crippen LogP contribution is 2.20. The summed E-state index contributed by atoms with van der Waals surface area (Å²) in [4.78, 5) is 0.387. The maximum Gasteiger partial charge on any atom is 0.241 e. The predicted octanol–water partition coefficient (Wildman–Crippen LogP) is 2.96. The molecule has 5 heteroatoms. The Morgan fingerprint density at radius 1 is 1.14 bits per heavy atom. The van der Waals surface area contributed by atoms with Crippen LogP contribution in [-0.4, -0.2) is 20.5 Å². The van der Waals surface area contributed by atoms with Crippen molar-refractivity contribution in [1.29, 1.82) is 0 Å². The van der Waals surface area contributed by atoms with Crippen LogP contribution in [0.25, 0.3) is 0 Å². The molecule has 0 atom stereocenters. The van der Waals surface area contributed by atoms with Gasteiger partial charge in [0, 0.05) is 18.6 Å². The van der Waals surface area contributed by atoms with Gasteiger partial charge in [0.15, 0.2) is 0 Å². The lowest BCUT2D eigenvalue weighted by molar-refractivity contribution is 0.529. The van der Waals surface area contributed by atoms with E-state index in [-0.39, 0.29) is 6.04 Å². The van der Waals surface area contributed by atoms with Crippen molar-refractivity contribution in [1.82, 2.24) is 10.0 Å². The van der Waals surface area contributed by atoms with Crippen LogP contribution in [0.4, 0.5) is 0 Å². The summed E-state index contributed by atoms with van der Waals surface area (Å²) in [5.74, 6) is 0. The van der Waals surface area contributed by atoms with Gasteiger partial charge in [-0.3, -0.25) is 0 Å². The zero-order chi connectivity index (χ0) is 16.0. The summed E-state index contributed by atoms with van der Waals surface area (Å²) >= 11 is 0. The minimum absolute atomic E-state index is 0.00755. The van der Waals surface area contributed by atoms with E-state index in [0.29, 0.717) is 17.5 Å². The van der Waals surface area contributed by atoms with Crippen LogP contribution in [0.3, 0.4) is 0 Å². The second-order valence-electron chi connectivity index (χ2n) is 5.71. The molecule has 0 fully saturated rings. The van der Waals surface area contributed by atoms with Crippen LogP contribution in [-0.2, 0) is 16.6 Å². The molecule has 1 aromatic carbocycles. The largest absolute Gasteiger partial charge is 0.310 e. The van der Waals surface area contributed by atoms with Crippen LogP contribution in [0.1, 0.15) is 51.7 Å². The minimum atomic E-state index is -3.45. The molecule has 0 bridgehead atoms. The molecule has 0 heterocycles. The van der Waals surface area contributed by atoms with Crippen LogP contribution in [0.5, 0.6) is 0 Å². The Labute approximate surface area is 129 Å². The zero-order valence-electron chi connectivity index (χ0n) is 13.7. The van der Waals surface area contributed by atoms with Crippen LogP contribution in [0.15, 0.2) is 23.1 Å². The number of hydrogen-bond acceptors (Lipinski definition) is 3. The topological polar surface area (TPSA) is 58.2 Å². The fraction of sp³-hybridized carbons (Fsp3) is 0.625. The van der Waals surface area contributed by atoms with Gasteiger partial charge in [0.2, 0.25) is 10.0 Å². The van der Waals surface area contributed by atoms with Crippen molar-refractivity contribution < 1.29 is 8.42 Å². The molecule has 0 radical (unpaired) electrons. The minimum Gasteiger partial charge on any atom is -0.310 e. The third kappa shape index (κ3) is 5.09. The molecule has 0 saturated heterocycles. The van der Waals surface area contributed by atoms with E-state index in [1.165, 1.54) is 0 Å². The average molecular weight is 312 g/mol. The molecule has 0 aromatic heterocycles. The molecular formula is C16H28N2O2S. The fourth-order valence-corrected chi connectivity index (χ4v) is 3.89. The van der Waals surface area contributed by atoms with E-state index < -0.39 is 10.0 Å². The van der Waals surface area contributed by atoms with Crippen molar-refractivity contribution >= 4 is 10.0 Å². The molecule has 0 aliphatic rings. The van der Waals surface area contributed by atoms with Gasteiger partial charge in [0.25, 0.3) is 0 Å². The lowest BCUT2D eigenvalue weighted by Crippen LogP contribution is -2.34. The molecule has 1 aromatic rings. The molecule has 2 N–H and O–H groups in total. The number of benzene rings is 1. The lowest BCUT2D eigenvalue weighted by atomic mass is 10.1. The highest BCUT2D eigenvalue weighted by atomic mass is 32.2. The lowest BCUT2D eigenvalue weighted by Gasteiger charge is -2.18. The summed E-state index contributed by atoms with van der Waals surface area (Å²) in [6.45, 7) is 10.7. The van der Waals surface area contributed by atoms with E-state index in [0.717, 1.165) is 24.0 Å². The highest BCUT2D eigenvalue weighted by molar-refractivity contribution is 7.89. The third-order valence-corrected chi connectivity index (χ3v) is 5.36. The summed E-state index contributed by atoms with van der Waals surface area (Å²) in [5, 5.41) is 3.33. The Bertz CT molecular complexity index is 549. The van der Waals surface area contributed by atoms with E-state index >= 15 is 0 Å². The maximum atomic E-state index is 12.5. The van der Waals surface area contributed by atoms with Gasteiger partial charge in [-0.25, -0.2) is 13.1 Å². The Balaban J connectivity index is 3.04. The van der Waals surface area contributed by atoms with Gasteiger partial charge in [-0.2, -0.15) is 0 Å². The van der Waals surface area contributed by atoms with Gasteiger partial charge in [0.05, 0.1) is 4.90 Å². The van der Waals surface area contributed by atoms with E-state index in [9.17, 15) is 8.42 Å². The SMILES string of the molecule is CCC(CC)NS(=O)(=O)c1cccc(CNC(C)C)c1C. The molecule has 0 aliphatic carbocycles. The van der Waals surface area contributed by atoms with Gasteiger partial charge < -0.3 is 5.32 Å². The summed E-state index contributed by atoms with van der Waals surface area (Å²) in [6.07, 6.45) is 1.59. The zero-order valence-corrected chi connectivity index (χ0v) is 14.5. The van der Waals surface area contributed by atoms with Gasteiger partial charge in [-0.1, -0.05) is 39.8 Å². The van der Waals surface area contributed by atoms with Crippen molar-refractivity contribution in [3.05, 3.63) is 29.3 Å². The predicted molar refractivity (Wildman–Crippen MR) is 87.8 cm³/mol. The van der Waals surface area contributed by atoms with E-state index in [4.69, 9.17) is 0 Å². The molecule has 21 heavy (non-hydrogen) atoms. The van der Waals surface area contributed by atoms with Crippen molar-refractivity contribution in [3.63, 3.8) is 0 Å². The van der Waals surface area contributed by atoms with Crippen molar-refractivity contribution in [2.75, 3.05) is 0 Å². The number of sulfonamides is 1. The quantitative estimate of drug-likeness (QED) is 0.776. The Hall–Kier alpha value is -0.910. The van der Waals surface area contributed by atoms with Crippen molar-refractivity contribution in [2.45, 2.75) is 71.0 Å². The van der Waals surface area contributed by atoms with Crippen LogP contribution in [0.2, 0.25) is 0 Å². The first kappa shape index (κ1) is 18.1.